The van der Waals surface area contributed by atoms with Crippen molar-refractivity contribution < 1.29 is 4.79 Å². The summed E-state index contributed by atoms with van der Waals surface area (Å²) in [5, 5.41) is 2.80. The van der Waals surface area contributed by atoms with Crippen LogP contribution in [0, 0.1) is 0 Å². The van der Waals surface area contributed by atoms with Crippen molar-refractivity contribution in [1.82, 2.24) is 9.62 Å². The highest BCUT2D eigenvalue weighted by molar-refractivity contribution is 8.13. The molecular formula is C6H14N2OS. The van der Waals surface area contributed by atoms with E-state index >= 15 is 0 Å². The van der Waals surface area contributed by atoms with E-state index in [2.05, 4.69) is 22.1 Å². The lowest BCUT2D eigenvalue weighted by atomic mass is 10.4. The van der Waals surface area contributed by atoms with E-state index in [0.717, 1.165) is 13.1 Å². The molecule has 1 saturated heterocycles. The molecule has 1 fully saturated rings. The summed E-state index contributed by atoms with van der Waals surface area (Å²) in [6.45, 7) is 2.43. The molecule has 3 nitrogen and oxygen atoms in total. The van der Waals surface area contributed by atoms with E-state index < -0.39 is 0 Å². The number of rotatable bonds is 1. The minimum absolute atomic E-state index is 0.0728. The highest BCUT2D eigenvalue weighted by atomic mass is 32.2. The van der Waals surface area contributed by atoms with Gasteiger partial charge in [-0.1, -0.05) is 0 Å². The van der Waals surface area contributed by atoms with Gasteiger partial charge in [-0.05, 0) is 12.5 Å². The zero-order valence-electron chi connectivity index (χ0n) is 6.42. The Kier molecular flexibility index (Phi) is 2.56. The second kappa shape index (κ2) is 3.25. The van der Waals surface area contributed by atoms with Crippen LogP contribution in [-0.2, 0) is 4.79 Å². The van der Waals surface area contributed by atoms with E-state index in [1.54, 1.807) is 0 Å². The Hall–Kier alpha value is -0.220. The molecule has 0 radical (unpaired) electrons. The molecule has 10 heavy (non-hydrogen) atoms. The number of nitrogens with zero attached hydrogens (tertiary/aromatic N) is 1. The summed E-state index contributed by atoms with van der Waals surface area (Å²) in [5.41, 5.74) is 0. The summed E-state index contributed by atoms with van der Waals surface area (Å²) in [4.78, 5) is 10.8. The highest BCUT2D eigenvalue weighted by Gasteiger charge is 2.16. The van der Waals surface area contributed by atoms with Gasteiger partial charge in [0.2, 0.25) is 5.91 Å². The van der Waals surface area contributed by atoms with Gasteiger partial charge in [0.25, 0.3) is 0 Å². The predicted molar refractivity (Wildman–Crippen MR) is 45.4 cm³/mol. The number of carbonyl (C=O) groups excluding carboxylic acids is 1. The van der Waals surface area contributed by atoms with Gasteiger partial charge >= 0.3 is 0 Å². The van der Waals surface area contributed by atoms with Gasteiger partial charge in [0.05, 0.1) is 6.54 Å². The normalized spacial score (nSPS) is 22.2. The smallest absolute Gasteiger partial charge is 0.235 e. The van der Waals surface area contributed by atoms with Crippen LogP contribution in [0.2, 0.25) is 0 Å². The summed E-state index contributed by atoms with van der Waals surface area (Å²) in [5.74, 6) is 0.169. The lowest BCUT2D eigenvalue weighted by Crippen LogP contribution is -2.45. The summed E-state index contributed by atoms with van der Waals surface area (Å²) >= 11 is -0.0728. The lowest BCUT2D eigenvalue weighted by Gasteiger charge is -2.31. The zero-order valence-corrected chi connectivity index (χ0v) is 7.32. The molecule has 0 aromatic carbocycles. The standard InChI is InChI=1S/C6H14N2OS/c1-10(2)8-4-3-7-6(9)5-8/h10H,3-5H2,1-2H3,(H,7,9). The predicted octanol–water partition coefficient (Wildman–Crippen LogP) is -0.406. The molecule has 0 bridgehead atoms. The van der Waals surface area contributed by atoms with Crippen LogP contribution in [0.3, 0.4) is 0 Å². The van der Waals surface area contributed by atoms with Crippen LogP contribution in [0.4, 0.5) is 0 Å². The fourth-order valence-corrected chi connectivity index (χ4v) is 1.88. The van der Waals surface area contributed by atoms with Crippen LogP contribution >= 0.6 is 11.1 Å². The Labute approximate surface area is 64.3 Å². The van der Waals surface area contributed by atoms with E-state index in [9.17, 15) is 4.79 Å². The maximum atomic E-state index is 10.8. The molecule has 60 valence electrons. The summed E-state index contributed by atoms with van der Waals surface area (Å²) < 4.78 is 2.23. The van der Waals surface area contributed by atoms with Crippen molar-refractivity contribution in [3.8, 4) is 0 Å². The molecule has 0 aliphatic carbocycles. The molecule has 1 amide bonds. The van der Waals surface area contributed by atoms with Crippen molar-refractivity contribution in [2.24, 2.45) is 0 Å². The third kappa shape index (κ3) is 1.88. The van der Waals surface area contributed by atoms with Crippen molar-refractivity contribution >= 4 is 17.0 Å². The maximum Gasteiger partial charge on any atom is 0.235 e. The van der Waals surface area contributed by atoms with Crippen LogP contribution in [0.25, 0.3) is 0 Å². The molecule has 1 aliphatic heterocycles. The first kappa shape index (κ1) is 7.88. The van der Waals surface area contributed by atoms with Gasteiger partial charge < -0.3 is 5.32 Å². The van der Waals surface area contributed by atoms with E-state index in [-0.39, 0.29) is 17.0 Å². The first-order chi connectivity index (χ1) is 4.70. The largest absolute Gasteiger partial charge is 0.354 e. The molecule has 0 aromatic rings. The Morgan fingerprint density at radius 2 is 2.30 bits per heavy atom. The van der Waals surface area contributed by atoms with Gasteiger partial charge in [0.15, 0.2) is 0 Å². The lowest BCUT2D eigenvalue weighted by molar-refractivity contribution is -0.122. The van der Waals surface area contributed by atoms with Crippen LogP contribution in [-0.4, -0.2) is 42.4 Å². The summed E-state index contributed by atoms with van der Waals surface area (Å²) in [7, 11) is 0. The average Bonchev–Trinajstić information content (AvgIpc) is 1.88. The van der Waals surface area contributed by atoms with Gasteiger partial charge in [-0.15, -0.1) is 0 Å². The molecule has 1 N–H and O–H groups in total. The highest BCUT2D eigenvalue weighted by Crippen LogP contribution is 2.20. The van der Waals surface area contributed by atoms with E-state index in [1.807, 2.05) is 0 Å². The SMILES string of the molecule is C[SH](C)N1CCNC(=O)C1. The van der Waals surface area contributed by atoms with Crippen molar-refractivity contribution in [3.63, 3.8) is 0 Å². The van der Waals surface area contributed by atoms with E-state index in [4.69, 9.17) is 0 Å². The number of hydrogen-bond donors (Lipinski definition) is 2. The number of hydrogen-bond acceptors (Lipinski definition) is 2. The molecule has 0 aromatic heterocycles. The monoisotopic (exact) mass is 162 g/mol. The molecule has 4 heteroatoms. The fourth-order valence-electron chi connectivity index (χ4n) is 0.967. The van der Waals surface area contributed by atoms with Crippen LogP contribution < -0.4 is 5.32 Å². The topological polar surface area (TPSA) is 32.3 Å². The molecule has 1 heterocycles. The number of carbonyl (C=O) groups is 1. The van der Waals surface area contributed by atoms with Gasteiger partial charge in [0.1, 0.15) is 0 Å². The van der Waals surface area contributed by atoms with Gasteiger partial charge in [-0.25, -0.2) is 11.1 Å². The second-order valence-electron chi connectivity index (χ2n) is 2.59. The zero-order chi connectivity index (χ0) is 7.56. The molecule has 0 atom stereocenters. The Bertz CT molecular complexity index is 138. The average molecular weight is 162 g/mol. The van der Waals surface area contributed by atoms with Crippen molar-refractivity contribution in [1.29, 1.82) is 0 Å². The summed E-state index contributed by atoms with van der Waals surface area (Å²) in [6.07, 6.45) is 4.35. The fraction of sp³-hybridized carbons (Fsp3) is 0.833. The molecule has 0 spiro atoms. The maximum absolute atomic E-state index is 10.8. The third-order valence-electron chi connectivity index (χ3n) is 1.58. The number of piperazine rings is 1. The molecule has 1 aliphatic rings. The molecular weight excluding hydrogens is 148 g/mol. The second-order valence-corrected chi connectivity index (χ2v) is 4.85. The van der Waals surface area contributed by atoms with Crippen LogP contribution in [0.15, 0.2) is 0 Å². The number of thiol groups is 1. The Balaban J connectivity index is 2.39. The Morgan fingerprint density at radius 3 is 2.70 bits per heavy atom. The van der Waals surface area contributed by atoms with E-state index in [0.29, 0.717) is 6.54 Å². The number of amides is 1. The van der Waals surface area contributed by atoms with Gasteiger partial charge in [-0.2, -0.15) is 0 Å². The molecule has 0 unspecified atom stereocenters. The quantitative estimate of drug-likeness (QED) is 0.514. The van der Waals surface area contributed by atoms with Gasteiger partial charge in [-0.3, -0.25) is 9.10 Å². The first-order valence-electron chi connectivity index (χ1n) is 3.39. The molecule has 0 saturated carbocycles. The van der Waals surface area contributed by atoms with Crippen molar-refractivity contribution in [3.05, 3.63) is 0 Å². The number of nitrogens with one attached hydrogen (secondary N) is 1. The van der Waals surface area contributed by atoms with Gasteiger partial charge in [0, 0.05) is 13.1 Å². The van der Waals surface area contributed by atoms with Crippen molar-refractivity contribution in [2.45, 2.75) is 0 Å². The van der Waals surface area contributed by atoms with Crippen molar-refractivity contribution in [2.75, 3.05) is 32.1 Å². The summed E-state index contributed by atoms with van der Waals surface area (Å²) in [6, 6.07) is 0. The van der Waals surface area contributed by atoms with Crippen LogP contribution in [0.1, 0.15) is 0 Å². The van der Waals surface area contributed by atoms with E-state index in [1.165, 1.54) is 0 Å². The molecule has 1 rings (SSSR count). The third-order valence-corrected chi connectivity index (χ3v) is 3.06. The minimum Gasteiger partial charge on any atom is -0.354 e. The minimum atomic E-state index is -0.0728. The van der Waals surface area contributed by atoms with Crippen LogP contribution in [0.5, 0.6) is 0 Å². The Morgan fingerprint density at radius 1 is 1.60 bits per heavy atom. The first-order valence-corrected chi connectivity index (χ1v) is 5.58.